The number of para-hydroxylation sites is 1. The number of benzene rings is 3. The number of carbonyl (C=O) groups excluding carboxylic acids is 2. The zero-order chi connectivity index (χ0) is 31.2. The lowest BCUT2D eigenvalue weighted by molar-refractivity contribution is -0.123. The predicted molar refractivity (Wildman–Crippen MR) is 173 cm³/mol. The summed E-state index contributed by atoms with van der Waals surface area (Å²) in [5.41, 5.74) is 4.99. The van der Waals surface area contributed by atoms with Crippen LogP contribution in [0.1, 0.15) is 61.3 Å². The van der Waals surface area contributed by atoms with Crippen LogP contribution in [0.4, 0.5) is 5.69 Å². The van der Waals surface area contributed by atoms with E-state index in [-0.39, 0.29) is 23.1 Å². The Balaban J connectivity index is 1.40. The van der Waals surface area contributed by atoms with Crippen LogP contribution in [0.2, 0.25) is 10.0 Å². The minimum absolute atomic E-state index is 0.0521. The number of aromatic nitrogens is 1. The van der Waals surface area contributed by atoms with Gasteiger partial charge < -0.3 is 19.5 Å². The molecule has 1 amide bonds. The van der Waals surface area contributed by atoms with Crippen molar-refractivity contribution in [3.05, 3.63) is 93.1 Å². The summed E-state index contributed by atoms with van der Waals surface area (Å²) in [7, 11) is 0. The second-order valence-corrected chi connectivity index (χ2v) is 13.1. The Bertz CT molecular complexity index is 1830. The Labute approximate surface area is 266 Å². The minimum Gasteiger partial charge on any atom is -0.454 e. The fourth-order valence-electron chi connectivity index (χ4n) is 5.67. The largest absolute Gasteiger partial charge is 0.454 e. The molecule has 1 aliphatic heterocycles. The lowest BCUT2D eigenvalue weighted by Gasteiger charge is -2.36. The van der Waals surface area contributed by atoms with Gasteiger partial charge in [0.2, 0.25) is 6.79 Å². The first-order valence-electron chi connectivity index (χ1n) is 14.5. The summed E-state index contributed by atoms with van der Waals surface area (Å²) in [6.45, 7) is 8.37. The molecule has 0 saturated carbocycles. The van der Waals surface area contributed by atoms with Gasteiger partial charge in [-0.25, -0.2) is 9.78 Å². The number of hydrogen-bond donors (Lipinski definition) is 1. The van der Waals surface area contributed by atoms with E-state index in [1.165, 1.54) is 13.0 Å². The number of nitrogens with zero attached hydrogens (tertiary/aromatic N) is 1. The van der Waals surface area contributed by atoms with Crippen molar-refractivity contribution in [2.45, 2.75) is 46.6 Å². The molecule has 226 valence electrons. The molecule has 3 aromatic carbocycles. The van der Waals surface area contributed by atoms with Gasteiger partial charge >= 0.3 is 5.97 Å². The Kier molecular flexibility index (Phi) is 8.03. The van der Waals surface area contributed by atoms with Gasteiger partial charge in [-0.05, 0) is 90.3 Å². The fraction of sp³-hybridized carbons (Fsp3) is 0.286. The van der Waals surface area contributed by atoms with Crippen LogP contribution in [0, 0.1) is 11.3 Å². The molecule has 6 rings (SSSR count). The van der Waals surface area contributed by atoms with Gasteiger partial charge in [-0.15, -0.1) is 0 Å². The number of amides is 1. The monoisotopic (exact) mass is 630 g/mol. The van der Waals surface area contributed by atoms with E-state index in [0.29, 0.717) is 39.3 Å². The third-order valence-corrected chi connectivity index (χ3v) is 8.77. The number of ether oxygens (including phenoxy) is 3. The average molecular weight is 632 g/mol. The Morgan fingerprint density at radius 1 is 1.02 bits per heavy atom. The number of fused-ring (bicyclic) bond motifs is 3. The van der Waals surface area contributed by atoms with E-state index in [9.17, 15) is 9.59 Å². The molecule has 2 atom stereocenters. The summed E-state index contributed by atoms with van der Waals surface area (Å²) in [5.74, 6) is 0.546. The number of pyridine rings is 1. The third-order valence-electron chi connectivity index (χ3n) is 8.22. The number of hydrogen-bond acceptors (Lipinski definition) is 6. The highest BCUT2D eigenvalue weighted by atomic mass is 35.5. The molecule has 9 heteroatoms. The molecule has 1 aliphatic carbocycles. The van der Waals surface area contributed by atoms with Gasteiger partial charge in [0, 0.05) is 10.4 Å². The minimum atomic E-state index is -1.09. The highest BCUT2D eigenvalue weighted by Crippen LogP contribution is 2.45. The highest BCUT2D eigenvalue weighted by Gasteiger charge is 2.36. The number of halogens is 2. The average Bonchev–Trinajstić information content (AvgIpc) is 3.45. The molecule has 0 unspecified atom stereocenters. The number of esters is 1. The van der Waals surface area contributed by atoms with Crippen molar-refractivity contribution in [2.24, 2.45) is 11.3 Å². The molecule has 44 heavy (non-hydrogen) atoms. The number of anilines is 1. The maximum atomic E-state index is 14.0. The van der Waals surface area contributed by atoms with Crippen LogP contribution < -0.4 is 14.8 Å². The molecule has 4 aromatic rings. The molecule has 1 N–H and O–H groups in total. The quantitative estimate of drug-likeness (QED) is 0.222. The van der Waals surface area contributed by atoms with E-state index in [0.717, 1.165) is 34.6 Å². The van der Waals surface area contributed by atoms with Crippen molar-refractivity contribution < 1.29 is 23.8 Å². The van der Waals surface area contributed by atoms with Crippen molar-refractivity contribution in [1.29, 1.82) is 0 Å². The number of rotatable bonds is 5. The number of nitrogens with one attached hydrogen (secondary N) is 1. The van der Waals surface area contributed by atoms with Crippen LogP contribution in [-0.4, -0.2) is 29.8 Å². The second-order valence-electron chi connectivity index (χ2n) is 12.2. The highest BCUT2D eigenvalue weighted by molar-refractivity contribution is 6.36. The van der Waals surface area contributed by atoms with Gasteiger partial charge in [-0.2, -0.15) is 0 Å². The van der Waals surface area contributed by atoms with E-state index in [1.807, 2.05) is 42.5 Å². The molecular formula is C35H32Cl2N2O5. The maximum absolute atomic E-state index is 14.0. The van der Waals surface area contributed by atoms with Crippen LogP contribution in [0.5, 0.6) is 11.5 Å². The molecule has 7 nitrogen and oxygen atoms in total. The fourth-order valence-corrected chi connectivity index (χ4v) is 6.13. The first kappa shape index (κ1) is 30.0. The van der Waals surface area contributed by atoms with E-state index in [2.05, 4.69) is 32.2 Å². The van der Waals surface area contributed by atoms with Crippen molar-refractivity contribution in [3.63, 3.8) is 0 Å². The smallest absolute Gasteiger partial charge is 0.339 e. The first-order chi connectivity index (χ1) is 21.0. The molecule has 2 heterocycles. The SMILES string of the molecule is C[C@H](OC(=O)c1c2c(nc3ccccc13)/C(=C\c1ccc3c(c1)OCO3)C[C@@H](C(C)(C)C)C2)C(=O)Nc1ccc(Cl)cc1Cl. The number of allylic oxidation sites excluding steroid dienone is 1. The summed E-state index contributed by atoms with van der Waals surface area (Å²) < 4.78 is 16.9. The van der Waals surface area contributed by atoms with Gasteiger partial charge in [0.1, 0.15) is 0 Å². The van der Waals surface area contributed by atoms with Crippen molar-refractivity contribution in [1.82, 2.24) is 4.98 Å². The van der Waals surface area contributed by atoms with Crippen molar-refractivity contribution in [2.75, 3.05) is 12.1 Å². The first-order valence-corrected chi connectivity index (χ1v) is 15.2. The van der Waals surface area contributed by atoms with Gasteiger partial charge in [-0.1, -0.05) is 68.2 Å². The van der Waals surface area contributed by atoms with Gasteiger partial charge in [-0.3, -0.25) is 4.79 Å². The van der Waals surface area contributed by atoms with Crippen molar-refractivity contribution >= 4 is 63.3 Å². The molecule has 0 saturated heterocycles. The normalized spacial score (nSPS) is 17.3. The summed E-state index contributed by atoms with van der Waals surface area (Å²) in [4.78, 5) is 32.2. The van der Waals surface area contributed by atoms with Gasteiger partial charge in [0.05, 0.1) is 27.5 Å². The van der Waals surface area contributed by atoms with Crippen LogP contribution in [0.25, 0.3) is 22.6 Å². The Morgan fingerprint density at radius 3 is 2.57 bits per heavy atom. The summed E-state index contributed by atoms with van der Waals surface area (Å²) in [6.07, 6.45) is 2.44. The molecule has 0 bridgehead atoms. The lowest BCUT2D eigenvalue weighted by atomic mass is 9.69. The topological polar surface area (TPSA) is 86.8 Å². The van der Waals surface area contributed by atoms with Crippen molar-refractivity contribution in [3.8, 4) is 11.5 Å². The zero-order valence-electron chi connectivity index (χ0n) is 24.9. The van der Waals surface area contributed by atoms with Crippen LogP contribution >= 0.6 is 23.2 Å². The summed E-state index contributed by atoms with van der Waals surface area (Å²) in [5, 5.41) is 4.14. The number of carbonyl (C=O) groups is 2. The second kappa shape index (κ2) is 11.8. The van der Waals surface area contributed by atoms with Crippen LogP contribution in [-0.2, 0) is 16.0 Å². The summed E-state index contributed by atoms with van der Waals surface area (Å²) in [6, 6.07) is 18.1. The van der Waals surface area contributed by atoms with Gasteiger partial charge in [0.25, 0.3) is 5.91 Å². The van der Waals surface area contributed by atoms with E-state index in [4.69, 9.17) is 42.4 Å². The molecule has 0 fully saturated rings. The molecule has 0 spiro atoms. The molecule has 0 radical (unpaired) electrons. The predicted octanol–water partition coefficient (Wildman–Crippen LogP) is 8.60. The zero-order valence-corrected chi connectivity index (χ0v) is 26.4. The Hall–Kier alpha value is -4.07. The van der Waals surface area contributed by atoms with Crippen LogP contribution in [0.15, 0.2) is 60.7 Å². The maximum Gasteiger partial charge on any atom is 0.339 e. The van der Waals surface area contributed by atoms with E-state index in [1.54, 1.807) is 12.1 Å². The summed E-state index contributed by atoms with van der Waals surface area (Å²) >= 11 is 12.2. The lowest BCUT2D eigenvalue weighted by Crippen LogP contribution is -2.32. The van der Waals surface area contributed by atoms with E-state index >= 15 is 0 Å². The Morgan fingerprint density at radius 2 is 1.80 bits per heavy atom. The van der Waals surface area contributed by atoms with E-state index < -0.39 is 18.0 Å². The molecular weight excluding hydrogens is 599 g/mol. The third kappa shape index (κ3) is 5.99. The molecule has 1 aromatic heterocycles. The van der Waals surface area contributed by atoms with Gasteiger partial charge in [0.15, 0.2) is 17.6 Å². The molecule has 2 aliphatic rings. The standard InChI is InChI=1S/C35H32Cl2N2O5/c1-19(33(40)39-28-11-10-23(36)17-26(28)37)44-34(41)31-24-7-5-6-8-27(24)38-32-21(15-22(16-25(31)32)35(2,3)4)13-20-9-12-29-30(14-20)43-18-42-29/h5-14,17,19,22H,15-16,18H2,1-4H3,(H,39,40)/b21-13-/t19-,22+/m0/s1. The van der Waals surface area contributed by atoms with Crippen LogP contribution in [0.3, 0.4) is 0 Å².